The predicted molar refractivity (Wildman–Crippen MR) is 90.3 cm³/mol. The van der Waals surface area contributed by atoms with Gasteiger partial charge in [-0.15, -0.1) is 0 Å². The Hall–Kier alpha value is -2.89. The third-order valence-electron chi connectivity index (χ3n) is 4.19. The molecule has 0 saturated carbocycles. The summed E-state index contributed by atoms with van der Waals surface area (Å²) in [6.07, 6.45) is 5.03. The topological polar surface area (TPSA) is 89.9 Å². The third kappa shape index (κ3) is 3.96. The van der Waals surface area contributed by atoms with E-state index >= 15 is 0 Å². The highest BCUT2D eigenvalue weighted by Gasteiger charge is 2.50. The lowest BCUT2D eigenvalue weighted by molar-refractivity contribution is -0.161. The summed E-state index contributed by atoms with van der Waals surface area (Å²) in [5.41, 5.74) is 0.822. The van der Waals surface area contributed by atoms with Crippen LogP contribution in [0.15, 0.2) is 48.6 Å². The van der Waals surface area contributed by atoms with E-state index in [9.17, 15) is 19.5 Å². The van der Waals surface area contributed by atoms with Gasteiger partial charge < -0.3 is 14.6 Å². The van der Waals surface area contributed by atoms with Crippen LogP contribution in [-0.4, -0.2) is 35.7 Å². The van der Waals surface area contributed by atoms with E-state index in [4.69, 9.17) is 9.47 Å². The number of carboxylic acid groups (broad SMARTS) is 1. The summed E-state index contributed by atoms with van der Waals surface area (Å²) >= 11 is 0. The molecule has 6 heteroatoms. The summed E-state index contributed by atoms with van der Waals surface area (Å²) in [4.78, 5) is 35.3. The number of aliphatic carboxylic acids is 1. The molecule has 6 nitrogen and oxygen atoms in total. The quantitative estimate of drug-likeness (QED) is 0.512. The number of rotatable bonds is 4. The molecule has 1 fully saturated rings. The number of cyclic esters (lactones) is 1. The highest BCUT2D eigenvalue weighted by Crippen LogP contribution is 2.37. The molecule has 25 heavy (non-hydrogen) atoms. The van der Waals surface area contributed by atoms with Crippen molar-refractivity contribution >= 4 is 24.0 Å². The van der Waals surface area contributed by atoms with Gasteiger partial charge in [0.05, 0.1) is 12.5 Å². The van der Waals surface area contributed by atoms with Gasteiger partial charge in [-0.2, -0.15) is 0 Å². The van der Waals surface area contributed by atoms with Gasteiger partial charge in [-0.25, -0.2) is 4.79 Å². The van der Waals surface area contributed by atoms with Gasteiger partial charge in [0.2, 0.25) is 0 Å². The Morgan fingerprint density at radius 1 is 1.20 bits per heavy atom. The van der Waals surface area contributed by atoms with Crippen LogP contribution in [0.25, 0.3) is 6.08 Å². The molecule has 1 aliphatic heterocycles. The zero-order valence-electron chi connectivity index (χ0n) is 12.7. The molecule has 0 spiro atoms. The Morgan fingerprint density at radius 2 is 1.92 bits per heavy atom. The van der Waals surface area contributed by atoms with Crippen LogP contribution in [0.1, 0.15) is 13.0 Å². The van der Waals surface area contributed by atoms with Gasteiger partial charge in [0, 0.05) is 12.0 Å². The predicted octanol–water partition coefficient (Wildman–Crippen LogP) is 2.31. The van der Waals surface area contributed by atoms with Gasteiger partial charge in [-0.1, -0.05) is 43.8 Å². The highest BCUT2D eigenvalue weighted by atomic mass is 16.6. The molecule has 1 saturated heterocycles. The van der Waals surface area contributed by atoms with E-state index in [0.29, 0.717) is 0 Å². The summed E-state index contributed by atoms with van der Waals surface area (Å²) in [6, 6.07) is 9.17. The molecule has 0 aromatic heterocycles. The van der Waals surface area contributed by atoms with Gasteiger partial charge in [0.1, 0.15) is 12.0 Å². The molecule has 4 atom stereocenters. The van der Waals surface area contributed by atoms with Crippen molar-refractivity contribution in [2.45, 2.75) is 13.5 Å². The van der Waals surface area contributed by atoms with Crippen LogP contribution in [0, 0.1) is 17.8 Å². The Kier molecular flexibility index (Phi) is 5.75. The lowest BCUT2D eigenvalue weighted by Crippen LogP contribution is -2.43. The third-order valence-corrected chi connectivity index (χ3v) is 4.19. The second-order valence-electron chi connectivity index (χ2n) is 5.71. The first-order valence-corrected chi connectivity index (χ1v) is 7.58. The van der Waals surface area contributed by atoms with E-state index < -0.39 is 35.8 Å². The van der Waals surface area contributed by atoms with E-state index in [1.54, 1.807) is 12.2 Å². The lowest BCUT2D eigenvalue weighted by atomic mass is 9.76. The summed E-state index contributed by atoms with van der Waals surface area (Å²) in [5, 5.41) is 9.44. The first-order valence-electron chi connectivity index (χ1n) is 7.58. The molecule has 1 aromatic carbocycles. The Balaban J connectivity index is 0.00000225. The largest absolute Gasteiger partial charge is 0.481 e. The van der Waals surface area contributed by atoms with Crippen molar-refractivity contribution in [2.24, 2.45) is 17.8 Å². The SMILES string of the molecule is C.O=C(/C=C/c1ccccc1)OC1C=CC2COC(=O)C2C1C(=O)O. The van der Waals surface area contributed by atoms with Crippen LogP contribution in [-0.2, 0) is 23.9 Å². The molecule has 0 bridgehead atoms. The first-order chi connectivity index (χ1) is 11.6. The van der Waals surface area contributed by atoms with E-state index in [1.165, 1.54) is 12.2 Å². The van der Waals surface area contributed by atoms with Crippen LogP contribution in [0.2, 0.25) is 0 Å². The molecule has 2 aliphatic rings. The van der Waals surface area contributed by atoms with Gasteiger partial charge in [-0.3, -0.25) is 9.59 Å². The monoisotopic (exact) mass is 344 g/mol. The van der Waals surface area contributed by atoms with E-state index in [1.807, 2.05) is 30.3 Å². The van der Waals surface area contributed by atoms with Crippen molar-refractivity contribution in [2.75, 3.05) is 6.61 Å². The van der Waals surface area contributed by atoms with E-state index in [0.717, 1.165) is 5.56 Å². The second kappa shape index (κ2) is 7.79. The summed E-state index contributed by atoms with van der Waals surface area (Å²) in [6.45, 7) is 0.165. The van der Waals surface area contributed by atoms with Gasteiger partial charge >= 0.3 is 17.9 Å². The summed E-state index contributed by atoms with van der Waals surface area (Å²) in [7, 11) is 0. The maximum Gasteiger partial charge on any atom is 0.331 e. The minimum Gasteiger partial charge on any atom is -0.481 e. The molecule has 0 radical (unpaired) electrons. The minimum absolute atomic E-state index is 0. The van der Waals surface area contributed by atoms with E-state index in [2.05, 4.69) is 0 Å². The smallest absolute Gasteiger partial charge is 0.331 e. The van der Waals surface area contributed by atoms with Crippen molar-refractivity contribution in [3.8, 4) is 0 Å². The number of carbonyl (C=O) groups is 3. The van der Waals surface area contributed by atoms with Gasteiger partial charge in [-0.05, 0) is 17.7 Å². The number of hydrogen-bond donors (Lipinski definition) is 1. The fourth-order valence-electron chi connectivity index (χ4n) is 3.03. The molecule has 132 valence electrons. The second-order valence-corrected chi connectivity index (χ2v) is 5.71. The molecular weight excluding hydrogens is 324 g/mol. The van der Waals surface area contributed by atoms with Gasteiger partial charge in [0.15, 0.2) is 0 Å². The first kappa shape index (κ1) is 18.4. The van der Waals surface area contributed by atoms with Crippen molar-refractivity contribution in [1.29, 1.82) is 0 Å². The number of esters is 2. The standard InChI is InChI=1S/C18H16O6.CH4/c19-14(9-6-11-4-2-1-3-5-11)24-13-8-7-12-10-23-18(22)15(12)16(13)17(20)21;/h1-9,12-13,15-16H,10H2,(H,20,21);1H4/b9-6+;. The van der Waals surface area contributed by atoms with E-state index in [-0.39, 0.29) is 20.0 Å². The zero-order valence-corrected chi connectivity index (χ0v) is 12.7. The molecule has 4 unspecified atom stereocenters. The number of benzene rings is 1. The fourth-order valence-corrected chi connectivity index (χ4v) is 3.03. The molecule has 0 amide bonds. The number of carboxylic acids is 1. The average Bonchev–Trinajstić information content (AvgIpc) is 2.95. The van der Waals surface area contributed by atoms with Crippen molar-refractivity contribution < 1.29 is 29.0 Å². The Labute approximate surface area is 145 Å². The molecule has 1 N–H and O–H groups in total. The average molecular weight is 344 g/mol. The molecule has 1 aromatic rings. The maximum absolute atomic E-state index is 12.0. The molecular formula is C19H20O6. The molecule has 3 rings (SSSR count). The summed E-state index contributed by atoms with van der Waals surface area (Å²) < 4.78 is 10.2. The highest BCUT2D eigenvalue weighted by molar-refractivity contribution is 5.88. The van der Waals surface area contributed by atoms with Crippen molar-refractivity contribution in [1.82, 2.24) is 0 Å². The van der Waals surface area contributed by atoms with Crippen LogP contribution < -0.4 is 0 Å². The van der Waals surface area contributed by atoms with Crippen molar-refractivity contribution in [3.63, 3.8) is 0 Å². The van der Waals surface area contributed by atoms with Gasteiger partial charge in [0.25, 0.3) is 0 Å². The lowest BCUT2D eigenvalue weighted by Gasteiger charge is -2.29. The zero-order chi connectivity index (χ0) is 17.1. The Bertz CT molecular complexity index is 706. The number of ether oxygens (including phenoxy) is 2. The number of hydrogen-bond acceptors (Lipinski definition) is 5. The molecule has 1 aliphatic carbocycles. The van der Waals surface area contributed by atoms with Crippen LogP contribution in [0.5, 0.6) is 0 Å². The number of carbonyl (C=O) groups excluding carboxylic acids is 2. The fraction of sp³-hybridized carbons (Fsp3) is 0.316. The normalized spacial score (nSPS) is 27.3. The van der Waals surface area contributed by atoms with Crippen LogP contribution in [0.3, 0.4) is 0 Å². The summed E-state index contributed by atoms with van der Waals surface area (Å²) in [5.74, 6) is -4.64. The number of fused-ring (bicyclic) bond motifs is 1. The minimum atomic E-state index is -1.18. The molecule has 1 heterocycles. The van der Waals surface area contributed by atoms with Crippen LogP contribution >= 0.6 is 0 Å². The van der Waals surface area contributed by atoms with Crippen LogP contribution in [0.4, 0.5) is 0 Å². The maximum atomic E-state index is 12.0. The Morgan fingerprint density at radius 3 is 2.60 bits per heavy atom. The van der Waals surface area contributed by atoms with Crippen molar-refractivity contribution in [3.05, 3.63) is 54.1 Å².